The van der Waals surface area contributed by atoms with E-state index in [0.29, 0.717) is 13.2 Å². The van der Waals surface area contributed by atoms with Crippen molar-refractivity contribution in [1.29, 1.82) is 0 Å². The van der Waals surface area contributed by atoms with Crippen LogP contribution >= 0.6 is 11.6 Å². The van der Waals surface area contributed by atoms with Crippen LogP contribution in [0, 0.1) is 0 Å². The highest BCUT2D eigenvalue weighted by Gasteiger charge is 2.21. The van der Waals surface area contributed by atoms with E-state index in [2.05, 4.69) is 11.1 Å². The monoisotopic (exact) mass is 292 g/mol. The summed E-state index contributed by atoms with van der Waals surface area (Å²) in [6.45, 7) is 0.944. The van der Waals surface area contributed by atoms with Gasteiger partial charge in [-0.15, -0.1) is 0 Å². The minimum atomic E-state index is -0.571. The van der Waals surface area contributed by atoms with Crippen molar-refractivity contribution in [2.75, 3.05) is 6.61 Å². The Kier molecular flexibility index (Phi) is 3.46. The quantitative estimate of drug-likeness (QED) is 0.912. The lowest BCUT2D eigenvalue weighted by Gasteiger charge is -2.26. The van der Waals surface area contributed by atoms with Gasteiger partial charge in [-0.05, 0) is 17.5 Å². The molecular formula is C14H13ClN2O3. The summed E-state index contributed by atoms with van der Waals surface area (Å²) in [5.74, 6) is 0. The highest BCUT2D eigenvalue weighted by molar-refractivity contribution is 6.30. The summed E-state index contributed by atoms with van der Waals surface area (Å²) in [6, 6.07) is 8.00. The van der Waals surface area contributed by atoms with Crippen LogP contribution in [-0.2, 0) is 17.7 Å². The third-order valence-electron chi connectivity index (χ3n) is 3.42. The molecule has 1 aromatic heterocycles. The van der Waals surface area contributed by atoms with Crippen LogP contribution in [0.15, 0.2) is 40.1 Å². The summed E-state index contributed by atoms with van der Waals surface area (Å²) in [6.07, 6.45) is 2.01. The Morgan fingerprint density at radius 1 is 1.35 bits per heavy atom. The van der Waals surface area contributed by atoms with Crippen molar-refractivity contribution in [2.24, 2.45) is 0 Å². The number of benzene rings is 1. The molecule has 1 N–H and O–H groups in total. The fourth-order valence-electron chi connectivity index (χ4n) is 2.42. The van der Waals surface area contributed by atoms with Crippen LogP contribution in [0.25, 0.3) is 0 Å². The number of fused-ring (bicyclic) bond motifs is 1. The molecule has 0 saturated carbocycles. The molecule has 2 aromatic rings. The third kappa shape index (κ3) is 2.42. The smallest absolute Gasteiger partial charge is 0.328 e. The maximum atomic E-state index is 11.8. The Labute approximate surface area is 119 Å². The van der Waals surface area contributed by atoms with Gasteiger partial charge < -0.3 is 4.74 Å². The number of nitrogens with zero attached hydrogens (tertiary/aromatic N) is 1. The number of hydrogen-bond donors (Lipinski definition) is 1. The molecule has 0 aliphatic carbocycles. The highest BCUT2D eigenvalue weighted by atomic mass is 35.5. The fraction of sp³-hybridized carbons (Fsp3) is 0.286. The minimum absolute atomic E-state index is 0.00584. The predicted molar refractivity (Wildman–Crippen MR) is 75.2 cm³/mol. The average molecular weight is 293 g/mol. The number of nitrogens with one attached hydrogen (secondary N) is 1. The van der Waals surface area contributed by atoms with Gasteiger partial charge in [0.2, 0.25) is 0 Å². The summed E-state index contributed by atoms with van der Waals surface area (Å²) in [5, 5.41) is -0.00584. The van der Waals surface area contributed by atoms with Gasteiger partial charge in [-0.1, -0.05) is 35.9 Å². The lowest BCUT2D eigenvalue weighted by atomic mass is 9.97. The molecule has 0 radical (unpaired) electrons. The maximum Gasteiger partial charge on any atom is 0.328 e. The SMILES string of the molecule is O=c1[nH]c(=O)n(CC2OCCc3ccccc32)cc1Cl. The van der Waals surface area contributed by atoms with Crippen molar-refractivity contribution < 1.29 is 4.74 Å². The molecule has 3 rings (SSSR count). The van der Waals surface area contributed by atoms with Gasteiger partial charge in [-0.2, -0.15) is 0 Å². The van der Waals surface area contributed by atoms with Crippen molar-refractivity contribution in [3.63, 3.8) is 0 Å². The van der Waals surface area contributed by atoms with Crippen molar-refractivity contribution in [2.45, 2.75) is 19.1 Å². The molecule has 20 heavy (non-hydrogen) atoms. The summed E-state index contributed by atoms with van der Waals surface area (Å²) in [7, 11) is 0. The summed E-state index contributed by atoms with van der Waals surface area (Å²) in [5.41, 5.74) is 1.25. The van der Waals surface area contributed by atoms with Crippen molar-refractivity contribution in [3.05, 3.63) is 67.4 Å². The molecule has 1 aliphatic rings. The van der Waals surface area contributed by atoms with E-state index in [-0.39, 0.29) is 11.1 Å². The van der Waals surface area contributed by atoms with E-state index in [1.54, 1.807) is 0 Å². The van der Waals surface area contributed by atoms with E-state index in [4.69, 9.17) is 16.3 Å². The molecule has 0 fully saturated rings. The first-order valence-corrected chi connectivity index (χ1v) is 6.71. The predicted octanol–water partition coefficient (Wildman–Crippen LogP) is 1.50. The minimum Gasteiger partial charge on any atom is -0.371 e. The molecule has 1 aromatic carbocycles. The van der Waals surface area contributed by atoms with Crippen LogP contribution in [0.5, 0.6) is 0 Å². The summed E-state index contributed by atoms with van der Waals surface area (Å²) in [4.78, 5) is 25.2. The Bertz CT molecular complexity index is 751. The van der Waals surface area contributed by atoms with Crippen molar-refractivity contribution in [3.8, 4) is 0 Å². The highest BCUT2D eigenvalue weighted by Crippen LogP contribution is 2.27. The topological polar surface area (TPSA) is 64.1 Å². The first-order valence-electron chi connectivity index (χ1n) is 6.34. The molecule has 0 spiro atoms. The summed E-state index contributed by atoms with van der Waals surface area (Å²) < 4.78 is 7.11. The standard InChI is InChI=1S/C14H13ClN2O3/c15-11-7-17(14(19)16-13(11)18)8-12-10-4-2-1-3-9(10)5-6-20-12/h1-4,7,12H,5-6,8H2,(H,16,18,19). The number of hydrogen-bond acceptors (Lipinski definition) is 3. The van der Waals surface area contributed by atoms with Crippen LogP contribution in [0.2, 0.25) is 5.02 Å². The van der Waals surface area contributed by atoms with Crippen molar-refractivity contribution in [1.82, 2.24) is 9.55 Å². The first kappa shape index (κ1) is 13.1. The molecule has 1 unspecified atom stereocenters. The number of halogens is 1. The second kappa shape index (κ2) is 5.26. The van der Waals surface area contributed by atoms with Gasteiger partial charge in [0.1, 0.15) is 11.1 Å². The molecule has 1 aliphatic heterocycles. The van der Waals surface area contributed by atoms with Gasteiger partial charge in [0.05, 0.1) is 13.2 Å². The van der Waals surface area contributed by atoms with Crippen molar-refractivity contribution >= 4 is 11.6 Å². The molecule has 104 valence electrons. The molecule has 5 nitrogen and oxygen atoms in total. The van der Waals surface area contributed by atoms with E-state index in [0.717, 1.165) is 12.0 Å². The normalized spacial score (nSPS) is 17.8. The van der Waals surface area contributed by atoms with E-state index < -0.39 is 11.2 Å². The van der Waals surface area contributed by atoms with E-state index in [1.807, 2.05) is 18.2 Å². The molecule has 0 saturated heterocycles. The van der Waals surface area contributed by atoms with Crippen LogP contribution in [-0.4, -0.2) is 16.2 Å². The van der Waals surface area contributed by atoms with Gasteiger partial charge in [0, 0.05) is 6.20 Å². The number of rotatable bonds is 2. The van der Waals surface area contributed by atoms with E-state index >= 15 is 0 Å². The number of ether oxygens (including phenoxy) is 1. The Morgan fingerprint density at radius 3 is 3.00 bits per heavy atom. The van der Waals surface area contributed by atoms with E-state index in [1.165, 1.54) is 16.3 Å². The van der Waals surface area contributed by atoms with Crippen LogP contribution < -0.4 is 11.2 Å². The average Bonchev–Trinajstić information content (AvgIpc) is 2.45. The molecule has 1 atom stereocenters. The molecule has 6 heteroatoms. The summed E-state index contributed by atoms with van der Waals surface area (Å²) >= 11 is 5.76. The van der Waals surface area contributed by atoms with Gasteiger partial charge in [-0.3, -0.25) is 14.3 Å². The number of aromatic amines is 1. The van der Waals surface area contributed by atoms with Gasteiger partial charge in [0.15, 0.2) is 0 Å². The first-order chi connectivity index (χ1) is 9.65. The third-order valence-corrected chi connectivity index (χ3v) is 3.69. The van der Waals surface area contributed by atoms with E-state index in [9.17, 15) is 9.59 Å². The Hall–Kier alpha value is -1.85. The second-order valence-corrected chi connectivity index (χ2v) is 5.10. The largest absolute Gasteiger partial charge is 0.371 e. The Balaban J connectivity index is 1.95. The molecule has 2 heterocycles. The van der Waals surface area contributed by atoms with Gasteiger partial charge in [0.25, 0.3) is 5.56 Å². The zero-order valence-electron chi connectivity index (χ0n) is 10.6. The zero-order chi connectivity index (χ0) is 14.1. The molecular weight excluding hydrogens is 280 g/mol. The molecule has 0 bridgehead atoms. The molecule has 0 amide bonds. The van der Waals surface area contributed by atoms with Crippen LogP contribution in [0.3, 0.4) is 0 Å². The van der Waals surface area contributed by atoms with Crippen LogP contribution in [0.4, 0.5) is 0 Å². The Morgan fingerprint density at radius 2 is 2.15 bits per heavy atom. The van der Waals surface area contributed by atoms with Crippen LogP contribution in [0.1, 0.15) is 17.2 Å². The van der Waals surface area contributed by atoms with Gasteiger partial charge in [-0.25, -0.2) is 4.79 Å². The number of H-pyrrole nitrogens is 1. The zero-order valence-corrected chi connectivity index (χ0v) is 11.4. The van der Waals surface area contributed by atoms with Gasteiger partial charge >= 0.3 is 5.69 Å². The second-order valence-electron chi connectivity index (χ2n) is 4.70. The maximum absolute atomic E-state index is 11.8. The number of aromatic nitrogens is 2. The lowest BCUT2D eigenvalue weighted by Crippen LogP contribution is -2.32. The lowest BCUT2D eigenvalue weighted by molar-refractivity contribution is 0.0297. The fourth-order valence-corrected chi connectivity index (χ4v) is 2.59.